The van der Waals surface area contributed by atoms with Gasteiger partial charge in [-0.1, -0.05) is 0 Å². The molecule has 0 saturated carbocycles. The zero-order valence-corrected chi connectivity index (χ0v) is 8.88. The van der Waals surface area contributed by atoms with E-state index in [-0.39, 0.29) is 32.7 Å². The zero-order chi connectivity index (χ0) is 7.28. The normalized spacial score (nSPS) is 11.4. The molecule has 0 radical (unpaired) electrons. The monoisotopic (exact) mass is 243 g/mol. The molecule has 0 spiro atoms. The first-order chi connectivity index (χ1) is 4.20. The van der Waals surface area contributed by atoms with E-state index in [1.807, 2.05) is 0 Å². The van der Waals surface area contributed by atoms with Gasteiger partial charge in [0.2, 0.25) is 0 Å². The Kier molecular flexibility index (Phi) is 9.98. The van der Waals surface area contributed by atoms with Crippen LogP contribution in [-0.4, -0.2) is 19.6 Å². The average Bonchev–Trinajstić information content (AvgIpc) is 1.87. The second-order valence-corrected chi connectivity index (χ2v) is 2.24. The van der Waals surface area contributed by atoms with Gasteiger partial charge in [0.05, 0.1) is 6.54 Å². The largest absolute Gasteiger partial charge is 0.393 e. The molecular formula is C3H8NO4PZr. The van der Waals surface area contributed by atoms with E-state index in [0.717, 1.165) is 0 Å². The molecule has 0 aromatic rings. The Labute approximate surface area is 78.3 Å². The van der Waals surface area contributed by atoms with Gasteiger partial charge in [-0.2, -0.15) is 0 Å². The van der Waals surface area contributed by atoms with Crippen LogP contribution in [0.1, 0.15) is 0 Å². The Morgan fingerprint density at radius 1 is 1.70 bits per heavy atom. The summed E-state index contributed by atoms with van der Waals surface area (Å²) in [4.78, 5) is 10.2. The molecule has 0 fully saturated rings. The van der Waals surface area contributed by atoms with E-state index < -0.39 is 14.2 Å². The number of rotatable bonds is 3. The third-order valence-electron chi connectivity index (χ3n) is 0.531. The second-order valence-electron chi connectivity index (χ2n) is 1.13. The molecule has 0 aromatic heterocycles. The van der Waals surface area contributed by atoms with E-state index in [2.05, 4.69) is 9.05 Å². The minimum atomic E-state index is -2.62. The molecule has 1 unspecified atom stereocenters. The third kappa shape index (κ3) is 6.62. The fourth-order valence-electron chi connectivity index (χ4n) is 0.176. The maximum atomic E-state index is 10.2. The summed E-state index contributed by atoms with van der Waals surface area (Å²) in [5, 5.41) is 0. The van der Waals surface area contributed by atoms with Crippen molar-refractivity contribution in [2.75, 3.05) is 13.7 Å². The topological polar surface area (TPSA) is 78.6 Å². The molecule has 5 nitrogen and oxygen atoms in total. The summed E-state index contributed by atoms with van der Waals surface area (Å²) < 4.78 is 18.5. The molecule has 2 N–H and O–H groups in total. The van der Waals surface area contributed by atoms with Crippen LogP contribution in [0.3, 0.4) is 0 Å². The summed E-state index contributed by atoms with van der Waals surface area (Å²) in [6, 6.07) is 0. The second kappa shape index (κ2) is 7.61. The molecule has 0 aromatic carbocycles. The third-order valence-corrected chi connectivity index (χ3v) is 1.26. The predicted molar refractivity (Wildman–Crippen MR) is 31.2 cm³/mol. The van der Waals surface area contributed by atoms with Crippen LogP contribution in [-0.2, 0) is 44.6 Å². The quantitative estimate of drug-likeness (QED) is 0.678. The zero-order valence-electron chi connectivity index (χ0n) is 5.42. The van der Waals surface area contributed by atoms with Crippen molar-refractivity contribution in [3.63, 3.8) is 0 Å². The molecular weight excluding hydrogens is 236 g/mol. The summed E-state index contributed by atoms with van der Waals surface area (Å²) in [7, 11) is -1.43. The summed E-state index contributed by atoms with van der Waals surface area (Å²) in [6.45, 7) is -0.278. The van der Waals surface area contributed by atoms with E-state index in [0.29, 0.717) is 0 Å². The Morgan fingerprint density at radius 2 is 2.20 bits per heavy atom. The summed E-state index contributed by atoms with van der Waals surface area (Å²) >= 11 is 0. The van der Waals surface area contributed by atoms with Gasteiger partial charge in [-0.05, 0) is 0 Å². The van der Waals surface area contributed by atoms with Gasteiger partial charge in [0, 0.05) is 33.3 Å². The van der Waals surface area contributed by atoms with Crippen LogP contribution in [0.4, 0.5) is 0 Å². The molecule has 0 bridgehead atoms. The van der Waals surface area contributed by atoms with Crippen molar-refractivity contribution in [2.45, 2.75) is 0 Å². The van der Waals surface area contributed by atoms with Crippen molar-refractivity contribution in [1.29, 1.82) is 0 Å². The number of hydrogen-bond donors (Lipinski definition) is 1. The SMILES string of the molecule is CO[PH](=O)OC(=O)CN.[Zr]. The van der Waals surface area contributed by atoms with Crippen LogP contribution in [0.2, 0.25) is 0 Å². The van der Waals surface area contributed by atoms with Crippen LogP contribution in [0.25, 0.3) is 0 Å². The van der Waals surface area contributed by atoms with Crippen molar-refractivity contribution in [2.24, 2.45) is 5.73 Å². The number of hydrogen-bond acceptors (Lipinski definition) is 5. The van der Waals surface area contributed by atoms with Crippen LogP contribution >= 0.6 is 8.25 Å². The first kappa shape index (κ1) is 13.1. The first-order valence-electron chi connectivity index (χ1n) is 2.19. The molecule has 0 aliphatic heterocycles. The molecule has 0 saturated heterocycles. The summed E-state index contributed by atoms with van der Waals surface area (Å²) in [5.74, 6) is -0.722. The minimum Gasteiger partial charge on any atom is -0.393 e. The number of nitrogens with two attached hydrogens (primary N) is 1. The van der Waals surface area contributed by atoms with Gasteiger partial charge in [0.15, 0.2) is 0 Å². The van der Waals surface area contributed by atoms with E-state index in [9.17, 15) is 9.36 Å². The fraction of sp³-hybridized carbons (Fsp3) is 0.667. The molecule has 0 aliphatic carbocycles. The Bertz CT molecular complexity index is 116. The number of carbonyl (C=O) groups is 1. The van der Waals surface area contributed by atoms with Crippen LogP contribution in [0.15, 0.2) is 0 Å². The van der Waals surface area contributed by atoms with Gasteiger partial charge < -0.3 is 14.8 Å². The van der Waals surface area contributed by atoms with E-state index in [1.54, 1.807) is 0 Å². The fourth-order valence-corrected chi connectivity index (χ4v) is 0.529. The molecule has 0 rings (SSSR count). The van der Waals surface area contributed by atoms with Crippen LogP contribution < -0.4 is 5.73 Å². The van der Waals surface area contributed by atoms with Gasteiger partial charge in [-0.15, -0.1) is 0 Å². The Morgan fingerprint density at radius 3 is 2.50 bits per heavy atom. The summed E-state index contributed by atoms with van der Waals surface area (Å²) in [6.07, 6.45) is 0. The Balaban J connectivity index is 0. The minimum absolute atomic E-state index is 0. The van der Waals surface area contributed by atoms with E-state index in [1.165, 1.54) is 7.11 Å². The average molecular weight is 244 g/mol. The molecule has 10 heavy (non-hydrogen) atoms. The van der Waals surface area contributed by atoms with Crippen molar-refractivity contribution < 1.29 is 44.6 Å². The van der Waals surface area contributed by atoms with Gasteiger partial charge in [0.1, 0.15) is 0 Å². The van der Waals surface area contributed by atoms with Gasteiger partial charge in [0.25, 0.3) is 0 Å². The van der Waals surface area contributed by atoms with Crippen LogP contribution in [0.5, 0.6) is 0 Å². The number of carbonyl (C=O) groups excluding carboxylic acids is 1. The molecule has 0 amide bonds. The van der Waals surface area contributed by atoms with E-state index in [4.69, 9.17) is 5.73 Å². The van der Waals surface area contributed by atoms with Crippen molar-refractivity contribution in [3.05, 3.63) is 0 Å². The smallest absolute Gasteiger partial charge is 0.369 e. The molecule has 0 aliphatic rings. The predicted octanol–water partition coefficient (Wildman–Crippen LogP) is -0.478. The van der Waals surface area contributed by atoms with E-state index >= 15 is 0 Å². The molecule has 1 atom stereocenters. The van der Waals surface area contributed by atoms with Gasteiger partial charge >= 0.3 is 14.2 Å². The van der Waals surface area contributed by atoms with Gasteiger partial charge in [-0.3, -0.25) is 4.79 Å². The maximum absolute atomic E-state index is 10.2. The van der Waals surface area contributed by atoms with Gasteiger partial charge in [-0.25, -0.2) is 4.57 Å². The molecule has 7 heteroatoms. The summed E-state index contributed by atoms with van der Waals surface area (Å²) in [5.41, 5.74) is 4.82. The Hall–Kier alpha value is 0.503. The molecule has 0 heterocycles. The van der Waals surface area contributed by atoms with Crippen LogP contribution in [0, 0.1) is 0 Å². The van der Waals surface area contributed by atoms with Crippen molar-refractivity contribution >= 4 is 14.2 Å². The maximum Gasteiger partial charge on any atom is 0.369 e. The van der Waals surface area contributed by atoms with Crippen molar-refractivity contribution in [1.82, 2.24) is 0 Å². The first-order valence-corrected chi connectivity index (χ1v) is 3.42. The molecule has 58 valence electrons. The standard InChI is InChI=1S/C3H8NO4P.Zr/c1-7-9(6)8-3(5)2-4;/h9H,2,4H2,1H3;. The van der Waals surface area contributed by atoms with Crippen molar-refractivity contribution in [3.8, 4) is 0 Å².